The van der Waals surface area contributed by atoms with Crippen molar-refractivity contribution in [2.45, 2.75) is 39.8 Å². The second kappa shape index (κ2) is 8.53. The molecule has 3 heterocycles. The molecule has 2 aromatic heterocycles. The first-order valence-corrected chi connectivity index (χ1v) is 10.1. The molecule has 1 aromatic carbocycles. The van der Waals surface area contributed by atoms with E-state index in [9.17, 15) is 4.79 Å². The number of benzene rings is 1. The maximum absolute atomic E-state index is 12.3. The van der Waals surface area contributed by atoms with E-state index in [1.165, 1.54) is 16.7 Å². The number of amides is 1. The third kappa shape index (κ3) is 4.05. The minimum absolute atomic E-state index is 0.163. The van der Waals surface area contributed by atoms with Crippen molar-refractivity contribution in [1.29, 1.82) is 0 Å². The van der Waals surface area contributed by atoms with Gasteiger partial charge in [-0.25, -0.2) is 4.68 Å². The fourth-order valence-electron chi connectivity index (χ4n) is 3.82. The van der Waals surface area contributed by atoms with Gasteiger partial charge in [-0.3, -0.25) is 14.7 Å². The Labute approximate surface area is 170 Å². The lowest BCUT2D eigenvalue weighted by molar-refractivity contribution is 0.0948. The van der Waals surface area contributed by atoms with Crippen LogP contribution < -0.4 is 5.32 Å². The highest BCUT2D eigenvalue weighted by Gasteiger charge is 2.23. The monoisotopic (exact) mass is 390 g/mol. The van der Waals surface area contributed by atoms with E-state index in [0.29, 0.717) is 12.2 Å². The molecule has 0 fully saturated rings. The van der Waals surface area contributed by atoms with Crippen LogP contribution in [0, 0.1) is 6.92 Å². The zero-order valence-corrected chi connectivity index (χ0v) is 16.9. The highest BCUT2D eigenvalue weighted by atomic mass is 16.2. The summed E-state index contributed by atoms with van der Waals surface area (Å²) in [5.41, 5.74) is 6.04. The molecule has 7 nitrogen and oxygen atoms in total. The normalized spacial score (nSPS) is 13.9. The number of pyridine rings is 1. The summed E-state index contributed by atoms with van der Waals surface area (Å²) in [5, 5.41) is 11.3. The quantitative estimate of drug-likeness (QED) is 0.700. The van der Waals surface area contributed by atoms with Crippen LogP contribution in [0.1, 0.15) is 46.2 Å². The summed E-state index contributed by atoms with van der Waals surface area (Å²) in [6.45, 7) is 7.35. The first-order chi connectivity index (χ1) is 14.2. The second-order valence-electron chi connectivity index (χ2n) is 7.42. The largest absolute Gasteiger partial charge is 0.351 e. The zero-order chi connectivity index (χ0) is 20.2. The fraction of sp³-hybridized carbons (Fsp3) is 0.364. The Hall–Kier alpha value is -3.06. The lowest BCUT2D eigenvalue weighted by atomic mass is 9.97. The van der Waals surface area contributed by atoms with Crippen LogP contribution in [0.5, 0.6) is 0 Å². The average molecular weight is 390 g/mol. The van der Waals surface area contributed by atoms with Crippen LogP contribution in [-0.2, 0) is 19.5 Å². The molecule has 0 atom stereocenters. The van der Waals surface area contributed by atoms with Gasteiger partial charge < -0.3 is 5.32 Å². The number of rotatable bonds is 6. The summed E-state index contributed by atoms with van der Waals surface area (Å²) in [4.78, 5) is 18.9. The van der Waals surface area contributed by atoms with Gasteiger partial charge in [0, 0.05) is 38.6 Å². The highest BCUT2D eigenvalue weighted by Crippen LogP contribution is 2.27. The lowest BCUT2D eigenvalue weighted by Crippen LogP contribution is -2.31. The molecule has 3 aromatic rings. The fourth-order valence-corrected chi connectivity index (χ4v) is 3.82. The Morgan fingerprint density at radius 2 is 2.03 bits per heavy atom. The van der Waals surface area contributed by atoms with Gasteiger partial charge >= 0.3 is 0 Å². The van der Waals surface area contributed by atoms with Crippen LogP contribution in [0.2, 0.25) is 0 Å². The van der Waals surface area contributed by atoms with Gasteiger partial charge in [-0.15, -0.1) is 5.10 Å². The van der Waals surface area contributed by atoms with Crippen molar-refractivity contribution in [2.24, 2.45) is 0 Å². The molecule has 0 saturated carbocycles. The van der Waals surface area contributed by atoms with Crippen molar-refractivity contribution in [2.75, 3.05) is 13.1 Å². The Morgan fingerprint density at radius 3 is 2.83 bits per heavy atom. The van der Waals surface area contributed by atoms with Crippen LogP contribution in [-0.4, -0.2) is 43.9 Å². The van der Waals surface area contributed by atoms with E-state index in [4.69, 9.17) is 0 Å². The van der Waals surface area contributed by atoms with Gasteiger partial charge in [-0.2, -0.15) is 0 Å². The lowest BCUT2D eigenvalue weighted by Gasteiger charge is -2.30. The van der Waals surface area contributed by atoms with E-state index in [1.807, 2.05) is 26.2 Å². The summed E-state index contributed by atoms with van der Waals surface area (Å²) < 4.78 is 1.80. The Bertz CT molecular complexity index is 998. The van der Waals surface area contributed by atoms with Crippen LogP contribution in [0.4, 0.5) is 0 Å². The van der Waals surface area contributed by atoms with Gasteiger partial charge in [0.05, 0.1) is 11.4 Å². The van der Waals surface area contributed by atoms with Crippen molar-refractivity contribution in [3.05, 3.63) is 70.8 Å². The number of carbonyl (C=O) groups excluding carboxylic acids is 1. The van der Waals surface area contributed by atoms with E-state index in [2.05, 4.69) is 55.8 Å². The Balaban J connectivity index is 1.57. The molecule has 29 heavy (non-hydrogen) atoms. The molecule has 1 N–H and O–H groups in total. The number of hydrogen-bond donors (Lipinski definition) is 1. The smallest absolute Gasteiger partial charge is 0.273 e. The number of hydrogen-bond acceptors (Lipinski definition) is 5. The number of aromatic nitrogens is 4. The second-order valence-corrected chi connectivity index (χ2v) is 7.42. The topological polar surface area (TPSA) is 75.9 Å². The predicted molar refractivity (Wildman–Crippen MR) is 111 cm³/mol. The summed E-state index contributed by atoms with van der Waals surface area (Å²) in [6.07, 6.45) is 5.51. The molecule has 7 heteroatoms. The van der Waals surface area contributed by atoms with Crippen molar-refractivity contribution in [1.82, 2.24) is 30.2 Å². The number of fused-ring (bicyclic) bond motifs is 1. The van der Waals surface area contributed by atoms with Gasteiger partial charge in [0.25, 0.3) is 5.91 Å². The first-order valence-electron chi connectivity index (χ1n) is 10.1. The van der Waals surface area contributed by atoms with Crippen LogP contribution >= 0.6 is 0 Å². The number of nitrogens with one attached hydrogen (secondary N) is 1. The number of nitrogens with zero attached hydrogens (tertiary/aromatic N) is 5. The maximum atomic E-state index is 12.3. The summed E-state index contributed by atoms with van der Waals surface area (Å²) in [5.74, 6) is -0.163. The molecule has 1 aliphatic rings. The van der Waals surface area contributed by atoms with Gasteiger partial charge in [-0.05, 0) is 54.7 Å². The molecule has 0 spiro atoms. The van der Waals surface area contributed by atoms with Crippen LogP contribution in [0.15, 0.2) is 42.7 Å². The summed E-state index contributed by atoms with van der Waals surface area (Å²) in [6, 6.07) is 10.4. The summed E-state index contributed by atoms with van der Waals surface area (Å²) >= 11 is 0. The van der Waals surface area contributed by atoms with Crippen molar-refractivity contribution in [3.8, 4) is 5.69 Å². The minimum atomic E-state index is -0.163. The third-order valence-corrected chi connectivity index (χ3v) is 5.35. The van der Waals surface area contributed by atoms with Gasteiger partial charge in [0.2, 0.25) is 0 Å². The Morgan fingerprint density at radius 1 is 1.21 bits per heavy atom. The zero-order valence-electron chi connectivity index (χ0n) is 16.9. The number of carbonyl (C=O) groups is 1. The van der Waals surface area contributed by atoms with Crippen LogP contribution in [0.25, 0.3) is 5.69 Å². The predicted octanol–water partition coefficient (Wildman–Crippen LogP) is 2.67. The van der Waals surface area contributed by atoms with Gasteiger partial charge in [0.1, 0.15) is 0 Å². The SMILES string of the molecule is CCCNC(=O)c1nnn(-c2cccc3c2CCN(Cc2ccncc2)C3)c1C. The molecule has 4 rings (SSSR count). The van der Waals surface area contributed by atoms with Crippen molar-refractivity contribution in [3.63, 3.8) is 0 Å². The van der Waals surface area contributed by atoms with E-state index >= 15 is 0 Å². The molecule has 1 aliphatic heterocycles. The van der Waals surface area contributed by atoms with Crippen molar-refractivity contribution < 1.29 is 4.79 Å². The van der Waals surface area contributed by atoms with E-state index < -0.39 is 0 Å². The van der Waals surface area contributed by atoms with E-state index in [1.54, 1.807) is 4.68 Å². The highest BCUT2D eigenvalue weighted by molar-refractivity contribution is 5.93. The average Bonchev–Trinajstić information content (AvgIpc) is 3.13. The molecule has 0 saturated heterocycles. The first kappa shape index (κ1) is 19.3. The van der Waals surface area contributed by atoms with Gasteiger partial charge in [-0.1, -0.05) is 24.3 Å². The molecule has 0 aliphatic carbocycles. The maximum Gasteiger partial charge on any atom is 0.273 e. The molecule has 150 valence electrons. The molecule has 1 amide bonds. The standard InChI is InChI=1S/C22H26N6O/c1-3-10-24-22(29)21-16(2)28(26-25-21)20-6-4-5-18-15-27(13-9-19(18)20)14-17-7-11-23-12-8-17/h4-8,11-12H,3,9-10,13-15H2,1-2H3,(H,24,29). The van der Waals surface area contributed by atoms with E-state index in [-0.39, 0.29) is 5.91 Å². The van der Waals surface area contributed by atoms with E-state index in [0.717, 1.165) is 43.9 Å². The molecule has 0 radical (unpaired) electrons. The minimum Gasteiger partial charge on any atom is -0.351 e. The third-order valence-electron chi connectivity index (χ3n) is 5.35. The molecule has 0 bridgehead atoms. The van der Waals surface area contributed by atoms with Crippen molar-refractivity contribution >= 4 is 5.91 Å². The van der Waals surface area contributed by atoms with Gasteiger partial charge in [0.15, 0.2) is 5.69 Å². The van der Waals surface area contributed by atoms with Crippen LogP contribution in [0.3, 0.4) is 0 Å². The molecule has 0 unspecified atom stereocenters. The molecular formula is C22H26N6O. The summed E-state index contributed by atoms with van der Waals surface area (Å²) in [7, 11) is 0. The Kier molecular flexibility index (Phi) is 5.67. The molecular weight excluding hydrogens is 364 g/mol.